The zero-order valence-electron chi connectivity index (χ0n) is 23.1. The number of aliphatic hydroxyl groups is 1. The van der Waals surface area contributed by atoms with Crippen molar-refractivity contribution >= 4 is 16.6 Å². The average Bonchev–Trinajstić information content (AvgIpc) is 2.94. The van der Waals surface area contributed by atoms with Crippen molar-refractivity contribution in [2.24, 2.45) is 5.92 Å². The van der Waals surface area contributed by atoms with Crippen LogP contribution in [0.2, 0.25) is 0 Å². The smallest absolute Gasteiger partial charge is 0.188 e. The minimum absolute atomic E-state index is 0.0683. The minimum atomic E-state index is -0.553. The van der Waals surface area contributed by atoms with Gasteiger partial charge in [-0.25, -0.2) is 8.78 Å². The number of nitrogens with zero attached hydrogens (tertiary/aromatic N) is 3. The Labute approximate surface area is 238 Å². The van der Waals surface area contributed by atoms with E-state index in [1.807, 2.05) is 37.3 Å². The van der Waals surface area contributed by atoms with Crippen molar-refractivity contribution in [3.8, 4) is 34.1 Å². The number of aryl methyl sites for hydroxylation is 1. The van der Waals surface area contributed by atoms with Crippen LogP contribution in [0.1, 0.15) is 17.5 Å². The normalized spacial score (nSPS) is 13.3. The fourth-order valence-electron chi connectivity index (χ4n) is 5.35. The highest BCUT2D eigenvalue weighted by Gasteiger charge is 2.30. The summed E-state index contributed by atoms with van der Waals surface area (Å²) >= 11 is 0. The van der Waals surface area contributed by atoms with E-state index < -0.39 is 5.82 Å². The number of hydrogen-bond acceptors (Lipinski definition) is 7. The van der Waals surface area contributed by atoms with Gasteiger partial charge in [0.2, 0.25) is 0 Å². The summed E-state index contributed by atoms with van der Waals surface area (Å²) in [5.41, 5.74) is 5.13. The van der Waals surface area contributed by atoms with Gasteiger partial charge in [0.05, 0.1) is 16.8 Å². The Morgan fingerprint density at radius 1 is 1.07 bits per heavy atom. The number of rotatable bonds is 11. The maximum atomic E-state index is 14.6. The predicted molar refractivity (Wildman–Crippen MR) is 155 cm³/mol. The molecule has 1 aliphatic heterocycles. The second kappa shape index (κ2) is 12.6. The van der Waals surface area contributed by atoms with Gasteiger partial charge in [0, 0.05) is 62.0 Å². The molecule has 0 radical (unpaired) electrons. The lowest BCUT2D eigenvalue weighted by Crippen LogP contribution is -2.51. The monoisotopic (exact) mass is 558 g/mol. The summed E-state index contributed by atoms with van der Waals surface area (Å²) in [5.74, 6) is -0.224. The van der Waals surface area contributed by atoms with Crippen LogP contribution in [0, 0.1) is 35.8 Å². The van der Waals surface area contributed by atoms with Gasteiger partial charge in [-0.15, -0.1) is 0 Å². The Balaban J connectivity index is 1.63. The Morgan fingerprint density at radius 2 is 1.88 bits per heavy atom. The fourth-order valence-corrected chi connectivity index (χ4v) is 5.35. The van der Waals surface area contributed by atoms with Gasteiger partial charge in [0.25, 0.3) is 0 Å². The molecule has 0 saturated carbocycles. The van der Waals surface area contributed by atoms with Crippen LogP contribution < -0.4 is 15.0 Å². The number of benzene rings is 3. The number of aromatic nitrogens is 1. The van der Waals surface area contributed by atoms with Gasteiger partial charge in [-0.05, 0) is 73.0 Å². The third-order valence-corrected chi connectivity index (χ3v) is 7.22. The van der Waals surface area contributed by atoms with Crippen molar-refractivity contribution in [2.75, 3.05) is 51.6 Å². The predicted octanol–water partition coefficient (Wildman–Crippen LogP) is 5.42. The first-order chi connectivity index (χ1) is 19.9. The Kier molecular flexibility index (Phi) is 8.74. The van der Waals surface area contributed by atoms with E-state index in [2.05, 4.69) is 10.2 Å². The lowest BCUT2D eigenvalue weighted by Gasteiger charge is -2.42. The first kappa shape index (κ1) is 28.4. The number of ether oxygens (including phenoxy) is 2. The molecule has 1 saturated heterocycles. The number of halogens is 2. The number of pyridine rings is 1. The lowest BCUT2D eigenvalue weighted by atomic mass is 9.92. The molecule has 0 bridgehead atoms. The van der Waals surface area contributed by atoms with Gasteiger partial charge in [0.1, 0.15) is 23.5 Å². The van der Waals surface area contributed by atoms with E-state index in [9.17, 15) is 14.0 Å². The molecule has 1 fully saturated rings. The highest BCUT2D eigenvalue weighted by Crippen LogP contribution is 2.43. The Bertz CT molecular complexity index is 1580. The lowest BCUT2D eigenvalue weighted by molar-refractivity contribution is 0.0513. The molecule has 0 spiro atoms. The van der Waals surface area contributed by atoms with Crippen molar-refractivity contribution in [3.63, 3.8) is 0 Å². The standard InChI is InChI=1S/C32H32F2N4O3/c1-20-8-23(10-25(33)9-20)29-16-37-30-5-4-22(27-13-26(34)11-24(14-35)32(27)41-19-40-2)12-28(30)31(29)38-17-21(18-38)15-36-6-3-7-39/h4-5,8-13,16,21,36,39H,3,6-7,15,17-19H2,1-2H3. The third kappa shape index (κ3) is 6.15. The molecule has 2 heterocycles. The summed E-state index contributed by atoms with van der Waals surface area (Å²) in [6.07, 6.45) is 2.49. The van der Waals surface area contributed by atoms with Crippen LogP contribution in [-0.2, 0) is 4.74 Å². The summed E-state index contributed by atoms with van der Waals surface area (Å²) in [7, 11) is 1.47. The molecule has 1 aromatic heterocycles. The van der Waals surface area contributed by atoms with Gasteiger partial charge >= 0.3 is 0 Å². The van der Waals surface area contributed by atoms with Crippen LogP contribution in [0.15, 0.2) is 54.7 Å². The zero-order chi connectivity index (χ0) is 28.9. The van der Waals surface area contributed by atoms with Crippen molar-refractivity contribution < 1.29 is 23.4 Å². The molecule has 0 unspecified atom stereocenters. The maximum Gasteiger partial charge on any atom is 0.188 e. The molecular formula is C32H32F2N4O3. The summed E-state index contributed by atoms with van der Waals surface area (Å²) in [6, 6.07) is 15.1. The SMILES string of the molecule is COCOc1c(C#N)cc(F)cc1-c1ccc2ncc(-c3cc(C)cc(F)c3)c(N3CC(CNCCCO)C3)c2c1. The largest absolute Gasteiger partial charge is 0.466 e. The molecule has 3 aromatic carbocycles. The van der Waals surface area contributed by atoms with Gasteiger partial charge in [-0.1, -0.05) is 12.1 Å². The van der Waals surface area contributed by atoms with Crippen LogP contribution in [-0.4, -0.2) is 56.8 Å². The summed E-state index contributed by atoms with van der Waals surface area (Å²) in [4.78, 5) is 6.96. The molecule has 212 valence electrons. The van der Waals surface area contributed by atoms with E-state index in [1.165, 1.54) is 25.3 Å². The summed E-state index contributed by atoms with van der Waals surface area (Å²) in [6.45, 7) is 5.08. The first-order valence-corrected chi connectivity index (χ1v) is 13.5. The van der Waals surface area contributed by atoms with E-state index in [0.29, 0.717) is 23.5 Å². The second-order valence-corrected chi connectivity index (χ2v) is 10.3. The van der Waals surface area contributed by atoms with Gasteiger partial charge in [0.15, 0.2) is 6.79 Å². The number of aliphatic hydroxyl groups excluding tert-OH is 1. The fraction of sp³-hybridized carbons (Fsp3) is 0.312. The molecule has 7 nitrogen and oxygen atoms in total. The van der Waals surface area contributed by atoms with E-state index in [4.69, 9.17) is 19.6 Å². The second-order valence-electron chi connectivity index (χ2n) is 10.3. The molecule has 4 aromatic rings. The van der Waals surface area contributed by atoms with Crippen LogP contribution in [0.5, 0.6) is 5.75 Å². The van der Waals surface area contributed by atoms with E-state index in [1.54, 1.807) is 6.20 Å². The third-order valence-electron chi connectivity index (χ3n) is 7.22. The maximum absolute atomic E-state index is 14.6. The van der Waals surface area contributed by atoms with Gasteiger partial charge in [-0.2, -0.15) is 5.26 Å². The molecule has 0 atom stereocenters. The van der Waals surface area contributed by atoms with Crippen molar-refractivity contribution in [1.82, 2.24) is 10.3 Å². The van der Waals surface area contributed by atoms with Crippen molar-refractivity contribution in [2.45, 2.75) is 13.3 Å². The van der Waals surface area contributed by atoms with Crippen molar-refractivity contribution in [3.05, 3.63) is 77.5 Å². The Hall–Kier alpha value is -4.10. The Morgan fingerprint density at radius 3 is 2.61 bits per heavy atom. The zero-order valence-corrected chi connectivity index (χ0v) is 23.1. The molecule has 0 amide bonds. The number of anilines is 1. The van der Waals surface area contributed by atoms with Gasteiger partial charge in [-0.3, -0.25) is 4.98 Å². The minimum Gasteiger partial charge on any atom is -0.466 e. The highest BCUT2D eigenvalue weighted by atomic mass is 19.1. The number of methoxy groups -OCH3 is 1. The molecule has 5 rings (SSSR count). The van der Waals surface area contributed by atoms with Gasteiger partial charge < -0.3 is 24.8 Å². The number of fused-ring (bicyclic) bond motifs is 1. The molecule has 41 heavy (non-hydrogen) atoms. The van der Waals surface area contributed by atoms with Crippen molar-refractivity contribution in [1.29, 1.82) is 5.26 Å². The topological polar surface area (TPSA) is 90.6 Å². The van der Waals surface area contributed by atoms with Crippen LogP contribution in [0.25, 0.3) is 33.2 Å². The molecule has 1 aliphatic rings. The highest BCUT2D eigenvalue weighted by molar-refractivity contribution is 6.02. The quantitative estimate of drug-likeness (QED) is 0.188. The average molecular weight is 559 g/mol. The van der Waals surface area contributed by atoms with Crippen LogP contribution in [0.3, 0.4) is 0 Å². The number of nitriles is 1. The van der Waals surface area contributed by atoms with Crippen LogP contribution >= 0.6 is 0 Å². The van der Waals surface area contributed by atoms with E-state index in [0.717, 1.165) is 65.5 Å². The van der Waals surface area contributed by atoms with E-state index in [-0.39, 0.29) is 30.5 Å². The first-order valence-electron chi connectivity index (χ1n) is 13.5. The number of nitrogens with one attached hydrogen (secondary N) is 1. The van der Waals surface area contributed by atoms with Crippen LogP contribution in [0.4, 0.5) is 14.5 Å². The number of hydrogen-bond donors (Lipinski definition) is 2. The molecule has 9 heteroatoms. The molecule has 0 aliphatic carbocycles. The summed E-state index contributed by atoms with van der Waals surface area (Å²) in [5, 5.41) is 22.9. The van der Waals surface area contributed by atoms with E-state index >= 15 is 0 Å². The molecule has 2 N–H and O–H groups in total. The summed E-state index contributed by atoms with van der Waals surface area (Å²) < 4.78 is 39.9. The molecular weight excluding hydrogens is 526 g/mol.